The number of nitrogens with zero attached hydrogens (tertiary/aromatic N) is 1. The maximum atomic E-state index is 12.7. The van der Waals surface area contributed by atoms with Crippen LogP contribution in [0.4, 0.5) is 13.2 Å². The molecular weight excluding hydrogens is 209 g/mol. The Hall–Kier alpha value is -0.780. The average Bonchev–Trinajstić information content (AvgIpc) is 2.85. The van der Waals surface area contributed by atoms with Crippen LogP contribution in [0.2, 0.25) is 0 Å². The molecule has 0 aromatic heterocycles. The zero-order valence-corrected chi connectivity index (χ0v) is 8.55. The number of carbonyl (C=O) groups is 1. The van der Waals surface area contributed by atoms with Crippen LogP contribution in [0, 0.1) is 0 Å². The van der Waals surface area contributed by atoms with E-state index in [-0.39, 0.29) is 19.0 Å². The summed E-state index contributed by atoms with van der Waals surface area (Å²) in [7, 11) is 0. The Bertz CT molecular complexity index is 238. The number of rotatable bonds is 4. The van der Waals surface area contributed by atoms with Gasteiger partial charge in [-0.1, -0.05) is 0 Å². The second kappa shape index (κ2) is 4.38. The molecule has 0 spiro atoms. The molecule has 1 amide bonds. The van der Waals surface area contributed by atoms with Crippen LogP contribution in [-0.4, -0.2) is 35.6 Å². The van der Waals surface area contributed by atoms with Crippen LogP contribution >= 0.6 is 0 Å². The van der Waals surface area contributed by atoms with Crippen LogP contribution in [0.25, 0.3) is 0 Å². The predicted molar refractivity (Wildman–Crippen MR) is 49.1 cm³/mol. The molecule has 3 nitrogen and oxygen atoms in total. The molecule has 1 aliphatic carbocycles. The van der Waals surface area contributed by atoms with Gasteiger partial charge in [0, 0.05) is 13.0 Å². The second-order valence-electron chi connectivity index (χ2n) is 3.79. The lowest BCUT2D eigenvalue weighted by atomic mass is 10.1. The molecule has 0 aliphatic heterocycles. The normalized spacial score (nSPS) is 18.7. The smallest absolute Gasteiger partial charge is 0.330 e. The van der Waals surface area contributed by atoms with Crippen LogP contribution in [-0.2, 0) is 4.79 Å². The second-order valence-corrected chi connectivity index (χ2v) is 3.79. The van der Waals surface area contributed by atoms with Crippen molar-refractivity contribution >= 4 is 5.91 Å². The van der Waals surface area contributed by atoms with E-state index in [1.165, 1.54) is 6.92 Å². The maximum absolute atomic E-state index is 12.7. The van der Waals surface area contributed by atoms with Crippen molar-refractivity contribution < 1.29 is 18.0 Å². The molecule has 1 unspecified atom stereocenters. The fraction of sp³-hybridized carbons (Fsp3) is 0.889. The molecule has 0 saturated heterocycles. The lowest BCUT2D eigenvalue weighted by Gasteiger charge is -2.32. The maximum Gasteiger partial charge on any atom is 0.408 e. The van der Waals surface area contributed by atoms with Crippen molar-refractivity contribution in [3.05, 3.63) is 0 Å². The Morgan fingerprint density at radius 2 is 2.07 bits per heavy atom. The quantitative estimate of drug-likeness (QED) is 0.781. The number of hydrogen-bond donors (Lipinski definition) is 1. The molecule has 1 atom stereocenters. The van der Waals surface area contributed by atoms with Crippen LogP contribution in [0.15, 0.2) is 0 Å². The molecule has 0 heterocycles. The van der Waals surface area contributed by atoms with Gasteiger partial charge in [0.2, 0.25) is 5.91 Å². The largest absolute Gasteiger partial charge is 0.408 e. The molecule has 1 fully saturated rings. The molecule has 1 rings (SSSR count). The van der Waals surface area contributed by atoms with Gasteiger partial charge in [-0.05, 0) is 25.8 Å². The van der Waals surface area contributed by atoms with Crippen LogP contribution in [0.1, 0.15) is 26.2 Å². The van der Waals surface area contributed by atoms with Gasteiger partial charge in [-0.25, -0.2) is 0 Å². The summed E-state index contributed by atoms with van der Waals surface area (Å²) in [6.45, 7) is 1.11. The number of nitrogens with two attached hydrogens (primary N) is 1. The van der Waals surface area contributed by atoms with Crippen molar-refractivity contribution in [3.8, 4) is 0 Å². The van der Waals surface area contributed by atoms with E-state index < -0.39 is 18.1 Å². The molecule has 0 aromatic carbocycles. The van der Waals surface area contributed by atoms with Gasteiger partial charge >= 0.3 is 6.18 Å². The summed E-state index contributed by atoms with van der Waals surface area (Å²) < 4.78 is 38.0. The van der Waals surface area contributed by atoms with Crippen molar-refractivity contribution in [2.24, 2.45) is 5.73 Å². The van der Waals surface area contributed by atoms with E-state index in [0.717, 1.165) is 4.90 Å². The highest BCUT2D eigenvalue weighted by molar-refractivity contribution is 5.74. The molecule has 0 radical (unpaired) electrons. The number of hydrogen-bond acceptors (Lipinski definition) is 2. The first-order chi connectivity index (χ1) is 6.88. The first-order valence-electron chi connectivity index (χ1n) is 4.93. The third-order valence-electron chi connectivity index (χ3n) is 2.46. The lowest BCUT2D eigenvalue weighted by Crippen LogP contribution is -2.50. The molecule has 1 saturated carbocycles. The Balaban J connectivity index is 2.79. The summed E-state index contributed by atoms with van der Waals surface area (Å²) in [5.74, 6) is -0.520. The van der Waals surface area contributed by atoms with E-state index in [9.17, 15) is 18.0 Å². The topological polar surface area (TPSA) is 46.3 Å². The molecule has 0 aromatic rings. The van der Waals surface area contributed by atoms with E-state index in [4.69, 9.17) is 5.73 Å². The number of amides is 1. The molecule has 1 aliphatic rings. The zero-order chi connectivity index (χ0) is 11.6. The van der Waals surface area contributed by atoms with Crippen molar-refractivity contribution in [1.29, 1.82) is 0 Å². The monoisotopic (exact) mass is 224 g/mol. The summed E-state index contributed by atoms with van der Waals surface area (Å²) >= 11 is 0. The molecule has 15 heavy (non-hydrogen) atoms. The van der Waals surface area contributed by atoms with E-state index >= 15 is 0 Å². The van der Waals surface area contributed by atoms with Crippen LogP contribution < -0.4 is 5.73 Å². The van der Waals surface area contributed by atoms with E-state index in [2.05, 4.69) is 0 Å². The fourth-order valence-electron chi connectivity index (χ4n) is 1.70. The van der Waals surface area contributed by atoms with Gasteiger partial charge in [-0.2, -0.15) is 13.2 Å². The van der Waals surface area contributed by atoms with E-state index in [1.807, 2.05) is 0 Å². The SMILES string of the molecule is CC(=O)N(C1CC1)C(CCN)C(F)(F)F. The number of halogens is 3. The van der Waals surface area contributed by atoms with E-state index in [1.54, 1.807) is 0 Å². The molecule has 2 N–H and O–H groups in total. The van der Waals surface area contributed by atoms with Crippen LogP contribution in [0.5, 0.6) is 0 Å². The van der Waals surface area contributed by atoms with Gasteiger partial charge in [0.15, 0.2) is 0 Å². The molecular formula is C9H15F3N2O. The van der Waals surface area contributed by atoms with Gasteiger partial charge in [-0.15, -0.1) is 0 Å². The Morgan fingerprint density at radius 3 is 2.33 bits per heavy atom. The third kappa shape index (κ3) is 3.09. The number of carbonyl (C=O) groups excluding carboxylic acids is 1. The Kier molecular flexibility index (Phi) is 3.59. The Labute approximate surface area is 86.4 Å². The van der Waals surface area contributed by atoms with E-state index in [0.29, 0.717) is 12.8 Å². The van der Waals surface area contributed by atoms with Crippen molar-refractivity contribution in [2.45, 2.75) is 44.4 Å². The third-order valence-corrected chi connectivity index (χ3v) is 2.46. The predicted octanol–water partition coefficient (Wildman–Crippen LogP) is 1.28. The van der Waals surface area contributed by atoms with Crippen molar-refractivity contribution in [1.82, 2.24) is 4.90 Å². The molecule has 88 valence electrons. The summed E-state index contributed by atoms with van der Waals surface area (Å²) in [5, 5.41) is 0. The minimum absolute atomic E-state index is 0.0688. The van der Waals surface area contributed by atoms with Crippen molar-refractivity contribution in [2.75, 3.05) is 6.54 Å². The van der Waals surface area contributed by atoms with Gasteiger partial charge in [-0.3, -0.25) is 4.79 Å². The fourth-order valence-corrected chi connectivity index (χ4v) is 1.70. The summed E-state index contributed by atoms with van der Waals surface area (Å²) in [4.78, 5) is 12.1. The highest BCUT2D eigenvalue weighted by atomic mass is 19.4. The summed E-state index contributed by atoms with van der Waals surface area (Å²) in [5.41, 5.74) is 5.15. The first kappa shape index (κ1) is 12.3. The number of alkyl halides is 3. The zero-order valence-electron chi connectivity index (χ0n) is 8.55. The highest BCUT2D eigenvalue weighted by Gasteiger charge is 2.48. The van der Waals surface area contributed by atoms with Gasteiger partial charge < -0.3 is 10.6 Å². The lowest BCUT2D eigenvalue weighted by molar-refractivity contribution is -0.191. The van der Waals surface area contributed by atoms with Crippen LogP contribution in [0.3, 0.4) is 0 Å². The van der Waals surface area contributed by atoms with Crippen molar-refractivity contribution in [3.63, 3.8) is 0 Å². The molecule has 0 bridgehead atoms. The molecule has 6 heteroatoms. The summed E-state index contributed by atoms with van der Waals surface area (Å²) in [6, 6.07) is -1.95. The Morgan fingerprint density at radius 1 is 1.53 bits per heavy atom. The minimum atomic E-state index is -4.38. The van der Waals surface area contributed by atoms with Gasteiger partial charge in [0.05, 0.1) is 0 Å². The standard InChI is InChI=1S/C9H15F3N2O/c1-6(15)14(7-2-3-7)8(4-5-13)9(10,11)12/h7-8H,2-5,13H2,1H3. The highest BCUT2D eigenvalue weighted by Crippen LogP contribution is 2.35. The minimum Gasteiger partial charge on any atom is -0.330 e. The van der Waals surface area contributed by atoms with Gasteiger partial charge in [0.1, 0.15) is 6.04 Å². The average molecular weight is 224 g/mol. The van der Waals surface area contributed by atoms with Gasteiger partial charge in [0.25, 0.3) is 0 Å². The first-order valence-corrected chi connectivity index (χ1v) is 4.93. The summed E-state index contributed by atoms with van der Waals surface area (Å²) in [6.07, 6.45) is -3.28.